The number of hydrogen-bond acceptors (Lipinski definition) is 3. The van der Waals surface area contributed by atoms with Crippen LogP contribution in [-0.2, 0) is 4.79 Å². The van der Waals surface area contributed by atoms with Crippen LogP contribution in [0.2, 0.25) is 0 Å². The van der Waals surface area contributed by atoms with Gasteiger partial charge in [-0.25, -0.2) is 0 Å². The van der Waals surface area contributed by atoms with Gasteiger partial charge in [0.2, 0.25) is 0 Å². The molecule has 0 aliphatic heterocycles. The monoisotopic (exact) mass is 342 g/mol. The quantitative estimate of drug-likeness (QED) is 0.599. The minimum absolute atomic E-state index is 0.105. The Bertz CT molecular complexity index is 732. The molecule has 0 heterocycles. The molecule has 3 N–H and O–H groups in total. The first-order chi connectivity index (χ1) is 11.9. The average molecular weight is 342 g/mol. The molecule has 0 radical (unpaired) electrons. The molecule has 0 unspecified atom stereocenters. The van der Waals surface area contributed by atoms with Gasteiger partial charge in [-0.15, -0.1) is 0 Å². The normalized spacial score (nSPS) is 13.3. The number of nitrogens with two attached hydrogens (primary N) is 1. The van der Waals surface area contributed by atoms with Crippen LogP contribution in [0.15, 0.2) is 54.6 Å². The van der Waals surface area contributed by atoms with Gasteiger partial charge in [0, 0.05) is 17.5 Å². The van der Waals surface area contributed by atoms with E-state index in [2.05, 4.69) is 19.2 Å². The Morgan fingerprint density at radius 2 is 1.64 bits per heavy atom. The molecule has 0 spiro atoms. The lowest BCUT2D eigenvalue weighted by Gasteiger charge is -2.23. The number of nitrogens with one attached hydrogen (secondary N) is 1. The number of amides is 1. The zero-order chi connectivity index (χ0) is 18.4. The van der Waals surface area contributed by atoms with Crippen LogP contribution in [0.25, 0.3) is 0 Å². The highest BCUT2D eigenvalue weighted by molar-refractivity contribution is 5.95. The summed E-state index contributed by atoms with van der Waals surface area (Å²) in [6.45, 7) is 6.03. The minimum Gasteiger partial charge on any atom is -0.330 e. The zero-order valence-electron chi connectivity index (χ0n) is 14.7. The van der Waals surface area contributed by atoms with Gasteiger partial charge in [0.05, 0.1) is 4.92 Å². The Kier molecular flexibility index (Phi) is 6.25. The van der Waals surface area contributed by atoms with E-state index in [-0.39, 0.29) is 29.4 Å². The van der Waals surface area contributed by atoms with Crippen molar-refractivity contribution in [3.8, 4) is 0 Å². The van der Waals surface area contributed by atoms with Crippen LogP contribution in [0.5, 0.6) is 0 Å². The number of carbonyl (C=O) groups excluding carboxylic acids is 1. The highest BCUT2D eigenvalue weighted by atomic mass is 16.6. The Balaban J connectivity index is 2.10. The van der Waals surface area contributed by atoms with Crippen LogP contribution in [0.4, 0.5) is 11.4 Å². The van der Waals surface area contributed by atoms with Crippen molar-refractivity contribution in [1.29, 1.82) is 0 Å². The molecule has 0 aliphatic rings. The summed E-state index contributed by atoms with van der Waals surface area (Å²) in [4.78, 5) is 23.1. The van der Waals surface area contributed by atoms with E-state index in [0.29, 0.717) is 5.92 Å². The lowest BCUT2D eigenvalue weighted by Crippen LogP contribution is -2.93. The summed E-state index contributed by atoms with van der Waals surface area (Å²) in [5.41, 5.74) is 1.27. The molecule has 0 fully saturated rings. The third-order valence-electron chi connectivity index (χ3n) is 4.17. The first-order valence-electron chi connectivity index (χ1n) is 8.34. The van der Waals surface area contributed by atoms with Crippen LogP contribution >= 0.6 is 0 Å². The van der Waals surface area contributed by atoms with Crippen LogP contribution in [-0.4, -0.2) is 16.9 Å². The maximum Gasteiger partial charge on any atom is 0.292 e. The Labute approximate surface area is 147 Å². The van der Waals surface area contributed by atoms with E-state index >= 15 is 0 Å². The van der Waals surface area contributed by atoms with E-state index in [1.807, 2.05) is 42.6 Å². The van der Waals surface area contributed by atoms with E-state index in [9.17, 15) is 14.9 Å². The fourth-order valence-corrected chi connectivity index (χ4v) is 2.78. The van der Waals surface area contributed by atoms with Gasteiger partial charge in [0.1, 0.15) is 11.7 Å². The van der Waals surface area contributed by atoms with E-state index < -0.39 is 4.92 Å². The van der Waals surface area contributed by atoms with Crippen LogP contribution < -0.4 is 10.6 Å². The third kappa shape index (κ3) is 4.87. The van der Waals surface area contributed by atoms with Gasteiger partial charge in [-0.1, -0.05) is 56.3 Å². The summed E-state index contributed by atoms with van der Waals surface area (Å²) >= 11 is 0. The predicted molar refractivity (Wildman–Crippen MR) is 97.1 cm³/mol. The minimum atomic E-state index is -0.495. The Hall–Kier alpha value is -2.73. The van der Waals surface area contributed by atoms with Gasteiger partial charge in [-0.05, 0) is 13.0 Å². The van der Waals surface area contributed by atoms with Gasteiger partial charge in [-0.2, -0.15) is 0 Å². The second-order valence-corrected chi connectivity index (χ2v) is 6.43. The largest absolute Gasteiger partial charge is 0.330 e. The number of nitrogens with zero attached hydrogens (tertiary/aromatic N) is 1. The Morgan fingerprint density at radius 1 is 1.04 bits per heavy atom. The molecule has 2 atom stereocenters. The van der Waals surface area contributed by atoms with E-state index in [0.717, 1.165) is 5.56 Å². The summed E-state index contributed by atoms with van der Waals surface area (Å²) in [5, 5.41) is 15.8. The van der Waals surface area contributed by atoms with Gasteiger partial charge in [0.25, 0.3) is 11.6 Å². The van der Waals surface area contributed by atoms with Crippen molar-refractivity contribution in [2.75, 3.05) is 5.32 Å². The molecule has 6 nitrogen and oxygen atoms in total. The first kappa shape index (κ1) is 18.6. The number of quaternary nitrogens is 1. The van der Waals surface area contributed by atoms with Crippen molar-refractivity contribution < 1.29 is 15.0 Å². The van der Waals surface area contributed by atoms with Gasteiger partial charge in [0.15, 0.2) is 6.04 Å². The number of para-hydroxylation sites is 2. The molecule has 1 amide bonds. The summed E-state index contributed by atoms with van der Waals surface area (Å²) in [6, 6.07) is 15.9. The molecule has 132 valence electrons. The Morgan fingerprint density at radius 3 is 2.24 bits per heavy atom. The second kappa shape index (κ2) is 8.39. The maximum atomic E-state index is 12.5. The van der Waals surface area contributed by atoms with Gasteiger partial charge < -0.3 is 10.6 Å². The van der Waals surface area contributed by atoms with Crippen molar-refractivity contribution in [1.82, 2.24) is 0 Å². The molecule has 2 rings (SSSR count). The fourth-order valence-electron chi connectivity index (χ4n) is 2.78. The predicted octanol–water partition coefficient (Wildman–Crippen LogP) is 2.88. The van der Waals surface area contributed by atoms with Crippen molar-refractivity contribution in [3.05, 3.63) is 70.3 Å². The average Bonchev–Trinajstić information content (AvgIpc) is 2.60. The van der Waals surface area contributed by atoms with Crippen LogP contribution in [0.1, 0.15) is 32.4 Å². The summed E-state index contributed by atoms with van der Waals surface area (Å²) in [7, 11) is 0. The molecule has 0 saturated heterocycles. The molecule has 2 aromatic rings. The first-order valence-corrected chi connectivity index (χ1v) is 8.34. The SMILES string of the molecule is CC(C)[C@H]([NH2+][C@@H](C)C(=O)Nc1ccccc1[N+](=O)[O-])c1ccccc1. The summed E-state index contributed by atoms with van der Waals surface area (Å²) in [6.07, 6.45) is 0. The van der Waals surface area contributed by atoms with Crippen LogP contribution in [0.3, 0.4) is 0 Å². The summed E-state index contributed by atoms with van der Waals surface area (Å²) < 4.78 is 0. The standard InChI is InChI=1S/C19H23N3O3/c1-13(2)18(15-9-5-4-6-10-15)20-14(3)19(23)21-16-11-7-8-12-17(16)22(24)25/h4-14,18,20H,1-3H3,(H,21,23)/p+1/t14-,18-/m0/s1. The van der Waals surface area contributed by atoms with Gasteiger partial charge in [-0.3, -0.25) is 14.9 Å². The summed E-state index contributed by atoms with van der Waals surface area (Å²) in [5.74, 6) is 0.0830. The molecular weight excluding hydrogens is 318 g/mol. The van der Waals surface area contributed by atoms with Crippen LogP contribution in [0, 0.1) is 16.0 Å². The third-order valence-corrected chi connectivity index (χ3v) is 4.17. The molecular formula is C19H24N3O3+. The highest BCUT2D eigenvalue weighted by Crippen LogP contribution is 2.23. The maximum absolute atomic E-state index is 12.5. The van der Waals surface area contributed by atoms with E-state index in [1.165, 1.54) is 6.07 Å². The van der Waals surface area contributed by atoms with Crippen molar-refractivity contribution in [3.63, 3.8) is 0 Å². The number of hydrogen-bond donors (Lipinski definition) is 2. The molecule has 0 aliphatic carbocycles. The van der Waals surface area contributed by atoms with Crippen molar-refractivity contribution in [2.45, 2.75) is 32.9 Å². The number of anilines is 1. The molecule has 6 heteroatoms. The number of carbonyl (C=O) groups is 1. The lowest BCUT2D eigenvalue weighted by molar-refractivity contribution is -0.718. The molecule has 25 heavy (non-hydrogen) atoms. The molecule has 2 aromatic carbocycles. The van der Waals surface area contributed by atoms with E-state index in [1.54, 1.807) is 18.2 Å². The highest BCUT2D eigenvalue weighted by Gasteiger charge is 2.27. The zero-order valence-corrected chi connectivity index (χ0v) is 14.7. The molecule has 0 aromatic heterocycles. The number of nitro groups is 1. The van der Waals surface area contributed by atoms with Crippen molar-refractivity contribution >= 4 is 17.3 Å². The second-order valence-electron chi connectivity index (χ2n) is 6.43. The lowest BCUT2D eigenvalue weighted by atomic mass is 9.95. The topological polar surface area (TPSA) is 88.8 Å². The molecule has 0 bridgehead atoms. The number of benzene rings is 2. The fraction of sp³-hybridized carbons (Fsp3) is 0.316. The van der Waals surface area contributed by atoms with Gasteiger partial charge >= 0.3 is 0 Å². The number of nitro benzene ring substituents is 1. The molecule has 0 saturated carbocycles. The smallest absolute Gasteiger partial charge is 0.292 e. The van der Waals surface area contributed by atoms with Crippen molar-refractivity contribution in [2.24, 2.45) is 5.92 Å². The number of rotatable bonds is 7. The van der Waals surface area contributed by atoms with E-state index in [4.69, 9.17) is 0 Å².